The summed E-state index contributed by atoms with van der Waals surface area (Å²) in [7, 11) is 0. The molecule has 0 unspecified atom stereocenters. The maximum absolute atomic E-state index is 12.1. The van der Waals surface area contributed by atoms with Gasteiger partial charge in [0.25, 0.3) is 5.91 Å². The Labute approximate surface area is 143 Å². The number of halogens is 1. The van der Waals surface area contributed by atoms with Gasteiger partial charge in [0.2, 0.25) is 0 Å². The second-order valence-corrected chi connectivity index (χ2v) is 5.25. The molecule has 0 fully saturated rings. The van der Waals surface area contributed by atoms with Crippen LogP contribution in [0.4, 0.5) is 5.69 Å². The minimum Gasteiger partial charge on any atom is -0.486 e. The number of aromatic nitrogens is 3. The summed E-state index contributed by atoms with van der Waals surface area (Å²) in [5, 5.41) is 10.4. The number of ether oxygens (including phenoxy) is 1. The number of carbonyl (C=O) groups is 1. The molecule has 0 spiro atoms. The number of pyridine rings is 1. The zero-order chi connectivity index (χ0) is 16.8. The van der Waals surface area contributed by atoms with Crippen LogP contribution in [-0.4, -0.2) is 21.1 Å². The fourth-order valence-corrected chi connectivity index (χ4v) is 2.19. The van der Waals surface area contributed by atoms with Crippen LogP contribution in [0.1, 0.15) is 16.1 Å². The van der Waals surface area contributed by atoms with Gasteiger partial charge in [0.1, 0.15) is 12.4 Å². The second-order valence-electron chi connectivity index (χ2n) is 4.84. The molecular formula is C17H13ClN4O2. The van der Waals surface area contributed by atoms with Crippen molar-refractivity contribution in [3.05, 3.63) is 77.3 Å². The van der Waals surface area contributed by atoms with Gasteiger partial charge in [0.05, 0.1) is 28.7 Å². The molecule has 2 heterocycles. The standard InChI is InChI=1S/C17H13ClN4O2/c18-15-9-13(22-17(23)12-6-8-20-21-10-12)4-5-16(15)24-11-14-3-1-2-7-19-14/h1-10H,11H2,(H,22,23). The third-order valence-corrected chi connectivity index (χ3v) is 3.43. The number of nitrogens with zero attached hydrogens (tertiary/aromatic N) is 3. The third kappa shape index (κ3) is 4.05. The second kappa shape index (κ2) is 7.52. The molecule has 0 aliphatic carbocycles. The normalized spacial score (nSPS) is 10.2. The molecule has 0 radical (unpaired) electrons. The number of hydrogen-bond acceptors (Lipinski definition) is 5. The molecule has 3 rings (SSSR count). The van der Waals surface area contributed by atoms with E-state index in [1.807, 2.05) is 18.2 Å². The number of nitrogens with one attached hydrogen (secondary N) is 1. The molecule has 0 bridgehead atoms. The van der Waals surface area contributed by atoms with Crippen molar-refractivity contribution in [2.24, 2.45) is 0 Å². The Kier molecular flexibility index (Phi) is 4.98. The Morgan fingerprint density at radius 1 is 1.12 bits per heavy atom. The van der Waals surface area contributed by atoms with Gasteiger partial charge in [-0.05, 0) is 36.4 Å². The lowest BCUT2D eigenvalue weighted by molar-refractivity contribution is 0.102. The average molecular weight is 341 g/mol. The van der Waals surface area contributed by atoms with E-state index in [2.05, 4.69) is 20.5 Å². The number of amides is 1. The van der Waals surface area contributed by atoms with E-state index in [0.717, 1.165) is 5.69 Å². The molecule has 3 aromatic rings. The van der Waals surface area contributed by atoms with Gasteiger partial charge in [-0.3, -0.25) is 9.78 Å². The van der Waals surface area contributed by atoms with Crippen LogP contribution in [0.2, 0.25) is 5.02 Å². The molecule has 24 heavy (non-hydrogen) atoms. The Bertz CT molecular complexity index is 829. The van der Waals surface area contributed by atoms with Gasteiger partial charge in [0, 0.05) is 11.9 Å². The number of rotatable bonds is 5. The van der Waals surface area contributed by atoms with Crippen molar-refractivity contribution in [2.45, 2.75) is 6.61 Å². The molecule has 0 aliphatic rings. The summed E-state index contributed by atoms with van der Waals surface area (Å²) in [6.07, 6.45) is 4.55. The lowest BCUT2D eigenvalue weighted by atomic mass is 10.2. The lowest BCUT2D eigenvalue weighted by Gasteiger charge is -2.10. The van der Waals surface area contributed by atoms with Crippen molar-refractivity contribution in [1.29, 1.82) is 0 Å². The first-order chi connectivity index (χ1) is 11.7. The van der Waals surface area contributed by atoms with E-state index in [9.17, 15) is 4.79 Å². The molecule has 0 saturated carbocycles. The molecule has 0 atom stereocenters. The Hall–Kier alpha value is -2.99. The van der Waals surface area contributed by atoms with Crippen molar-refractivity contribution in [2.75, 3.05) is 5.32 Å². The predicted octanol–water partition coefficient (Wildman–Crippen LogP) is 3.36. The SMILES string of the molecule is O=C(Nc1ccc(OCc2ccccn2)c(Cl)c1)c1ccnnc1. The highest BCUT2D eigenvalue weighted by Gasteiger charge is 2.09. The van der Waals surface area contributed by atoms with E-state index in [1.54, 1.807) is 30.5 Å². The van der Waals surface area contributed by atoms with Crippen molar-refractivity contribution in [3.8, 4) is 5.75 Å². The first-order valence-corrected chi connectivity index (χ1v) is 7.50. The van der Waals surface area contributed by atoms with Crippen molar-refractivity contribution >= 4 is 23.2 Å². The number of hydrogen-bond donors (Lipinski definition) is 1. The first kappa shape index (κ1) is 15.9. The smallest absolute Gasteiger partial charge is 0.257 e. The predicted molar refractivity (Wildman–Crippen MR) is 90.0 cm³/mol. The van der Waals surface area contributed by atoms with Crippen molar-refractivity contribution < 1.29 is 9.53 Å². The van der Waals surface area contributed by atoms with Crippen LogP contribution in [0.5, 0.6) is 5.75 Å². The zero-order valence-electron chi connectivity index (χ0n) is 12.5. The van der Waals surface area contributed by atoms with Crippen molar-refractivity contribution in [3.63, 3.8) is 0 Å². The van der Waals surface area contributed by atoms with E-state index in [0.29, 0.717) is 28.6 Å². The van der Waals surface area contributed by atoms with E-state index in [4.69, 9.17) is 16.3 Å². The highest BCUT2D eigenvalue weighted by atomic mass is 35.5. The molecule has 1 aromatic carbocycles. The molecule has 0 aliphatic heterocycles. The summed E-state index contributed by atoms with van der Waals surface area (Å²) in [6.45, 7) is 0.314. The van der Waals surface area contributed by atoms with Gasteiger partial charge in [-0.15, -0.1) is 0 Å². The van der Waals surface area contributed by atoms with Crippen LogP contribution in [0.15, 0.2) is 61.1 Å². The van der Waals surface area contributed by atoms with Gasteiger partial charge in [-0.25, -0.2) is 0 Å². The summed E-state index contributed by atoms with van der Waals surface area (Å²) < 4.78 is 5.64. The minimum atomic E-state index is -0.289. The number of benzene rings is 1. The molecular weight excluding hydrogens is 328 g/mol. The fraction of sp³-hybridized carbons (Fsp3) is 0.0588. The molecule has 7 heteroatoms. The van der Waals surface area contributed by atoms with E-state index < -0.39 is 0 Å². The number of carbonyl (C=O) groups excluding carboxylic acids is 1. The topological polar surface area (TPSA) is 77.0 Å². The van der Waals surface area contributed by atoms with E-state index in [1.165, 1.54) is 12.4 Å². The molecule has 0 saturated heterocycles. The zero-order valence-corrected chi connectivity index (χ0v) is 13.3. The minimum absolute atomic E-state index is 0.289. The Balaban J connectivity index is 1.65. The highest BCUT2D eigenvalue weighted by molar-refractivity contribution is 6.32. The summed E-state index contributed by atoms with van der Waals surface area (Å²) >= 11 is 6.21. The van der Waals surface area contributed by atoms with Crippen LogP contribution in [0, 0.1) is 0 Å². The van der Waals surface area contributed by atoms with E-state index >= 15 is 0 Å². The lowest BCUT2D eigenvalue weighted by Crippen LogP contribution is -2.12. The van der Waals surface area contributed by atoms with Crippen LogP contribution >= 0.6 is 11.6 Å². The summed E-state index contributed by atoms with van der Waals surface area (Å²) in [6, 6.07) is 12.2. The summed E-state index contributed by atoms with van der Waals surface area (Å²) in [5.41, 5.74) is 1.78. The van der Waals surface area contributed by atoms with Crippen LogP contribution in [0.3, 0.4) is 0 Å². The van der Waals surface area contributed by atoms with Crippen LogP contribution < -0.4 is 10.1 Å². The van der Waals surface area contributed by atoms with Crippen LogP contribution in [-0.2, 0) is 6.61 Å². The molecule has 2 aromatic heterocycles. The van der Waals surface area contributed by atoms with Gasteiger partial charge in [0.15, 0.2) is 0 Å². The summed E-state index contributed by atoms with van der Waals surface area (Å²) in [4.78, 5) is 16.2. The van der Waals surface area contributed by atoms with Gasteiger partial charge in [-0.2, -0.15) is 10.2 Å². The molecule has 6 nitrogen and oxygen atoms in total. The van der Waals surface area contributed by atoms with E-state index in [-0.39, 0.29) is 5.91 Å². The van der Waals surface area contributed by atoms with Gasteiger partial charge >= 0.3 is 0 Å². The van der Waals surface area contributed by atoms with Crippen molar-refractivity contribution in [1.82, 2.24) is 15.2 Å². The van der Waals surface area contributed by atoms with Gasteiger partial charge < -0.3 is 10.1 Å². The third-order valence-electron chi connectivity index (χ3n) is 3.14. The molecule has 1 N–H and O–H groups in total. The molecule has 1 amide bonds. The largest absolute Gasteiger partial charge is 0.486 e. The monoisotopic (exact) mass is 340 g/mol. The maximum atomic E-state index is 12.1. The number of anilines is 1. The summed E-state index contributed by atoms with van der Waals surface area (Å²) in [5.74, 6) is 0.231. The Morgan fingerprint density at radius 2 is 2.04 bits per heavy atom. The maximum Gasteiger partial charge on any atom is 0.257 e. The van der Waals surface area contributed by atoms with Gasteiger partial charge in [-0.1, -0.05) is 17.7 Å². The highest BCUT2D eigenvalue weighted by Crippen LogP contribution is 2.28. The quantitative estimate of drug-likeness (QED) is 0.770. The average Bonchev–Trinajstić information content (AvgIpc) is 2.62. The first-order valence-electron chi connectivity index (χ1n) is 7.13. The fourth-order valence-electron chi connectivity index (χ4n) is 1.96. The van der Waals surface area contributed by atoms with Crippen LogP contribution in [0.25, 0.3) is 0 Å². The molecule has 120 valence electrons. The Morgan fingerprint density at radius 3 is 2.75 bits per heavy atom.